The predicted octanol–water partition coefficient (Wildman–Crippen LogP) is 4.63. The van der Waals surface area contributed by atoms with Crippen molar-refractivity contribution in [2.24, 2.45) is 5.73 Å². The van der Waals surface area contributed by atoms with E-state index in [0.29, 0.717) is 0 Å². The van der Waals surface area contributed by atoms with Gasteiger partial charge in [-0.2, -0.15) is 0 Å². The van der Waals surface area contributed by atoms with Gasteiger partial charge >= 0.3 is 5.97 Å². The van der Waals surface area contributed by atoms with Crippen molar-refractivity contribution >= 4 is 5.97 Å². The van der Waals surface area contributed by atoms with Crippen LogP contribution in [0.15, 0.2) is 12.2 Å². The molecule has 0 aromatic heterocycles. The summed E-state index contributed by atoms with van der Waals surface area (Å²) < 4.78 is 5.09. The molecule has 0 amide bonds. The Morgan fingerprint density at radius 1 is 0.929 bits per heavy atom. The molecule has 1 unspecified atom stereocenters. The summed E-state index contributed by atoms with van der Waals surface area (Å²) in [5.74, 6) is -0.808. The van der Waals surface area contributed by atoms with Crippen LogP contribution in [-0.4, -0.2) is 40.0 Å². The molecule has 5 nitrogen and oxygen atoms in total. The van der Waals surface area contributed by atoms with Gasteiger partial charge < -0.3 is 20.7 Å². The lowest BCUT2D eigenvalue weighted by molar-refractivity contribution is -0.167. The number of esters is 1. The van der Waals surface area contributed by atoms with E-state index in [1.165, 1.54) is 64.2 Å². The average molecular weight is 400 g/mol. The van der Waals surface area contributed by atoms with Crippen LogP contribution in [0.4, 0.5) is 0 Å². The maximum atomic E-state index is 11.8. The Kier molecular flexibility index (Phi) is 15.4. The van der Waals surface area contributed by atoms with Crippen LogP contribution in [0.3, 0.4) is 0 Å². The van der Waals surface area contributed by atoms with E-state index in [4.69, 9.17) is 10.5 Å². The highest BCUT2D eigenvalue weighted by molar-refractivity contribution is 5.75. The Labute approximate surface area is 172 Å². The molecule has 0 bridgehead atoms. The first-order valence-corrected chi connectivity index (χ1v) is 11.2. The first-order valence-electron chi connectivity index (χ1n) is 11.2. The van der Waals surface area contributed by atoms with E-state index in [-0.39, 0.29) is 0 Å². The maximum absolute atomic E-state index is 11.8. The van der Waals surface area contributed by atoms with Crippen LogP contribution in [-0.2, 0) is 9.53 Å². The third-order valence-electron chi connectivity index (χ3n) is 4.71. The number of carbonyl (C=O) groups excluding carboxylic acids is 1. The number of unbranched alkanes of at least 4 members (excludes halogenated alkanes) is 11. The number of nitrogens with two attached hydrogens (primary N) is 1. The molecular weight excluding hydrogens is 354 g/mol. The second kappa shape index (κ2) is 15.9. The maximum Gasteiger partial charge on any atom is 0.337 e. The third-order valence-corrected chi connectivity index (χ3v) is 4.71. The van der Waals surface area contributed by atoms with Gasteiger partial charge in [-0.3, -0.25) is 0 Å². The molecule has 0 aliphatic carbocycles. The average Bonchev–Trinajstić information content (AvgIpc) is 2.62. The fourth-order valence-corrected chi connectivity index (χ4v) is 3.00. The van der Waals surface area contributed by atoms with Crippen molar-refractivity contribution < 1.29 is 19.7 Å². The first-order chi connectivity index (χ1) is 13.2. The molecule has 0 aliphatic rings. The Balaban J connectivity index is 3.76. The van der Waals surface area contributed by atoms with Crippen LogP contribution in [0, 0.1) is 0 Å². The Morgan fingerprint density at radius 2 is 1.39 bits per heavy atom. The van der Waals surface area contributed by atoms with E-state index in [1.54, 1.807) is 26.8 Å². The summed E-state index contributed by atoms with van der Waals surface area (Å²) in [5.41, 5.74) is 5.07. The lowest BCUT2D eigenvalue weighted by atomic mass is 10.0. The number of rotatable bonds is 16. The number of carbonyl (C=O) groups is 1. The zero-order valence-corrected chi connectivity index (χ0v) is 18.7. The van der Waals surface area contributed by atoms with E-state index in [0.717, 1.165) is 12.8 Å². The van der Waals surface area contributed by atoms with Gasteiger partial charge in [0.05, 0.1) is 12.1 Å². The SMILES string of the molecule is CCCCCCCCCCCCC/C=C/[C@@H](O)[C@@H](N)C(O)C(=O)OC(C)(C)C. The molecule has 0 spiro atoms. The minimum atomic E-state index is -1.54. The zero-order chi connectivity index (χ0) is 21.4. The van der Waals surface area contributed by atoms with Crippen LogP contribution in [0.1, 0.15) is 105 Å². The molecule has 3 atom stereocenters. The van der Waals surface area contributed by atoms with Crippen LogP contribution in [0.2, 0.25) is 0 Å². The van der Waals surface area contributed by atoms with Gasteiger partial charge in [0, 0.05) is 0 Å². The van der Waals surface area contributed by atoms with E-state index in [2.05, 4.69) is 6.92 Å². The van der Waals surface area contributed by atoms with E-state index >= 15 is 0 Å². The van der Waals surface area contributed by atoms with Gasteiger partial charge in [-0.15, -0.1) is 0 Å². The van der Waals surface area contributed by atoms with E-state index in [9.17, 15) is 15.0 Å². The molecule has 0 aliphatic heterocycles. The second-order valence-electron chi connectivity index (χ2n) is 8.80. The number of aliphatic hydroxyl groups excluding tert-OH is 2. The van der Waals surface area contributed by atoms with Crippen molar-refractivity contribution in [3.05, 3.63) is 12.2 Å². The summed E-state index contributed by atoms with van der Waals surface area (Å²) in [6, 6.07) is -1.09. The number of hydrogen-bond donors (Lipinski definition) is 3. The number of hydrogen-bond acceptors (Lipinski definition) is 5. The Hall–Kier alpha value is -0.910. The standard InChI is InChI=1S/C23H45NO4/c1-5-6-7-8-9-10-11-12-13-14-15-16-17-18-19(25)20(24)21(26)22(27)28-23(2,3)4/h17-21,25-26H,5-16,24H2,1-4H3/b18-17+/t19-,20-,21?/m1/s1. The van der Waals surface area contributed by atoms with Crippen molar-refractivity contribution in [3.8, 4) is 0 Å². The molecule has 0 heterocycles. The molecule has 0 saturated carbocycles. The minimum Gasteiger partial charge on any atom is -0.458 e. The lowest BCUT2D eigenvalue weighted by Crippen LogP contribution is -2.49. The largest absolute Gasteiger partial charge is 0.458 e. The van der Waals surface area contributed by atoms with Gasteiger partial charge in [0.2, 0.25) is 0 Å². The quantitative estimate of drug-likeness (QED) is 0.200. The number of ether oxygens (including phenoxy) is 1. The van der Waals surface area contributed by atoms with Crippen molar-refractivity contribution in [2.75, 3.05) is 0 Å². The van der Waals surface area contributed by atoms with Crippen molar-refractivity contribution in [3.63, 3.8) is 0 Å². The van der Waals surface area contributed by atoms with Gasteiger partial charge in [0.1, 0.15) is 5.60 Å². The molecule has 0 rings (SSSR count). The predicted molar refractivity (Wildman–Crippen MR) is 116 cm³/mol. The van der Waals surface area contributed by atoms with Gasteiger partial charge in [-0.05, 0) is 33.6 Å². The van der Waals surface area contributed by atoms with E-state index < -0.39 is 29.8 Å². The molecule has 28 heavy (non-hydrogen) atoms. The molecule has 4 N–H and O–H groups in total. The molecule has 0 fully saturated rings. The summed E-state index contributed by atoms with van der Waals surface area (Å²) in [6.45, 7) is 7.39. The summed E-state index contributed by atoms with van der Waals surface area (Å²) in [7, 11) is 0. The molecule has 0 aromatic rings. The highest BCUT2D eigenvalue weighted by Gasteiger charge is 2.31. The monoisotopic (exact) mass is 399 g/mol. The lowest BCUT2D eigenvalue weighted by Gasteiger charge is -2.25. The highest BCUT2D eigenvalue weighted by atomic mass is 16.6. The fraction of sp³-hybridized carbons (Fsp3) is 0.870. The fourth-order valence-electron chi connectivity index (χ4n) is 3.00. The summed E-state index contributed by atoms with van der Waals surface area (Å²) in [6.07, 6.45) is 16.0. The third kappa shape index (κ3) is 15.1. The smallest absolute Gasteiger partial charge is 0.337 e. The van der Waals surface area contributed by atoms with E-state index in [1.807, 2.05) is 6.08 Å². The molecule has 0 saturated heterocycles. The van der Waals surface area contributed by atoms with Crippen molar-refractivity contribution in [2.45, 2.75) is 129 Å². The molecule has 5 heteroatoms. The van der Waals surface area contributed by atoms with Crippen LogP contribution >= 0.6 is 0 Å². The first kappa shape index (κ1) is 27.1. The Morgan fingerprint density at radius 3 is 1.86 bits per heavy atom. The van der Waals surface area contributed by atoms with Crippen LogP contribution in [0.5, 0.6) is 0 Å². The molecule has 166 valence electrons. The van der Waals surface area contributed by atoms with Gasteiger partial charge in [0.15, 0.2) is 6.10 Å². The van der Waals surface area contributed by atoms with Crippen molar-refractivity contribution in [1.82, 2.24) is 0 Å². The summed E-state index contributed by atoms with van der Waals surface area (Å²) in [5, 5.41) is 20.0. The molecule has 0 radical (unpaired) electrons. The molecule has 0 aromatic carbocycles. The second-order valence-corrected chi connectivity index (χ2v) is 8.80. The van der Waals surface area contributed by atoms with Gasteiger partial charge in [-0.1, -0.05) is 83.3 Å². The minimum absolute atomic E-state index is 0.701. The number of allylic oxidation sites excluding steroid dienone is 1. The normalized spacial score (nSPS) is 15.5. The topological polar surface area (TPSA) is 92.8 Å². The van der Waals surface area contributed by atoms with Crippen LogP contribution < -0.4 is 5.73 Å². The zero-order valence-electron chi connectivity index (χ0n) is 18.7. The van der Waals surface area contributed by atoms with Crippen LogP contribution in [0.25, 0.3) is 0 Å². The van der Waals surface area contributed by atoms with Gasteiger partial charge in [-0.25, -0.2) is 4.79 Å². The highest BCUT2D eigenvalue weighted by Crippen LogP contribution is 2.13. The number of aliphatic hydroxyl groups is 2. The van der Waals surface area contributed by atoms with Gasteiger partial charge in [0.25, 0.3) is 0 Å². The summed E-state index contributed by atoms with van der Waals surface area (Å²) >= 11 is 0. The Bertz CT molecular complexity index is 417. The van der Waals surface area contributed by atoms with Crippen molar-refractivity contribution in [1.29, 1.82) is 0 Å². The molecular formula is C23H45NO4. The summed E-state index contributed by atoms with van der Waals surface area (Å²) in [4.78, 5) is 11.8.